The normalized spacial score (nSPS) is 9.09. The van der Waals surface area contributed by atoms with Gasteiger partial charge < -0.3 is 0 Å². The molecule has 2 aliphatic carbocycles. The highest BCUT2D eigenvalue weighted by Crippen LogP contribution is 2.19. The van der Waals surface area contributed by atoms with Crippen molar-refractivity contribution in [3.63, 3.8) is 0 Å². The van der Waals surface area contributed by atoms with Gasteiger partial charge in [-0.15, -0.1) is 17.0 Å². The molecule has 2 aliphatic rings. The first-order valence-electron chi connectivity index (χ1n) is 3.40. The van der Waals surface area contributed by atoms with Gasteiger partial charge in [0.15, 0.2) is 0 Å². The van der Waals surface area contributed by atoms with E-state index in [2.05, 4.69) is 42.5 Å². The Morgan fingerprint density at radius 2 is 1.00 bits per heavy atom. The van der Waals surface area contributed by atoms with Gasteiger partial charge in [0.25, 0.3) is 0 Å². The Labute approximate surface area is 77.0 Å². The predicted molar refractivity (Wildman–Crippen MR) is 53.4 cm³/mol. The molecule has 0 saturated heterocycles. The van der Waals surface area contributed by atoms with Gasteiger partial charge in [-0.05, 0) is 11.1 Å². The summed E-state index contributed by atoms with van der Waals surface area (Å²) in [5, 5.41) is 0. The van der Waals surface area contributed by atoms with Crippen molar-refractivity contribution >= 4 is 17.0 Å². The molecule has 11 heavy (non-hydrogen) atoms. The molecular formula is C10H9Br. The van der Waals surface area contributed by atoms with E-state index in [-0.39, 0.29) is 17.0 Å². The lowest BCUT2D eigenvalue weighted by molar-refractivity contribution is 1.84. The molecule has 0 spiro atoms. The summed E-state index contributed by atoms with van der Waals surface area (Å²) in [5.74, 6) is 0. The molecule has 0 radical (unpaired) electrons. The van der Waals surface area contributed by atoms with Crippen LogP contribution in [0.5, 0.6) is 0 Å². The van der Waals surface area contributed by atoms with Crippen LogP contribution < -0.4 is 0 Å². The van der Waals surface area contributed by atoms with Gasteiger partial charge >= 0.3 is 0 Å². The highest BCUT2D eigenvalue weighted by molar-refractivity contribution is 8.93. The minimum atomic E-state index is 0. The third-order valence-electron chi connectivity index (χ3n) is 1.66. The van der Waals surface area contributed by atoms with E-state index in [9.17, 15) is 0 Å². The lowest BCUT2D eigenvalue weighted by Crippen LogP contribution is -1.59. The quantitative estimate of drug-likeness (QED) is 0.623. The molecule has 0 fully saturated rings. The van der Waals surface area contributed by atoms with E-state index >= 15 is 0 Å². The van der Waals surface area contributed by atoms with Crippen molar-refractivity contribution in [2.24, 2.45) is 0 Å². The topological polar surface area (TPSA) is 0 Å². The van der Waals surface area contributed by atoms with Crippen molar-refractivity contribution in [2.75, 3.05) is 0 Å². The Hall–Kier alpha value is -0.820. The molecule has 0 unspecified atom stereocenters. The molecule has 0 atom stereocenters. The smallest absolute Gasteiger partial charge is 0.0184 e. The maximum Gasteiger partial charge on any atom is -0.0184 e. The Kier molecular flexibility index (Phi) is 2.66. The van der Waals surface area contributed by atoms with E-state index in [0.29, 0.717) is 0 Å². The molecule has 0 aromatic rings. The average molecular weight is 209 g/mol. The number of fused-ring (bicyclic) bond motifs is 1. The number of hydrogen-bond acceptors (Lipinski definition) is 0. The molecule has 0 aromatic heterocycles. The number of halogens is 1. The Morgan fingerprint density at radius 1 is 0.545 bits per heavy atom. The first-order chi connectivity index (χ1) is 4.97. The molecule has 0 bridgehead atoms. The van der Waals surface area contributed by atoms with E-state index in [0.717, 1.165) is 0 Å². The van der Waals surface area contributed by atoms with E-state index in [1.54, 1.807) is 0 Å². The first-order valence-corrected chi connectivity index (χ1v) is 3.40. The third-order valence-corrected chi connectivity index (χ3v) is 1.66. The van der Waals surface area contributed by atoms with Crippen LogP contribution in [0.15, 0.2) is 48.5 Å². The largest absolute Gasteiger partial charge is 0.114 e. The lowest BCUT2D eigenvalue weighted by Gasteiger charge is -1.85. The minimum absolute atomic E-state index is 0. The summed E-state index contributed by atoms with van der Waals surface area (Å²) in [6.45, 7) is 0. The van der Waals surface area contributed by atoms with Gasteiger partial charge in [-0.25, -0.2) is 0 Å². The summed E-state index contributed by atoms with van der Waals surface area (Å²) in [7, 11) is 0. The van der Waals surface area contributed by atoms with Gasteiger partial charge in [0.2, 0.25) is 0 Å². The van der Waals surface area contributed by atoms with Crippen molar-refractivity contribution in [1.82, 2.24) is 0 Å². The molecule has 56 valence electrons. The van der Waals surface area contributed by atoms with Gasteiger partial charge in [-0.3, -0.25) is 0 Å². The standard InChI is InChI=1S/C10H8.BrH/c1-2-5-9-7-4-8-10(9)6-3-1;/h1-8H;1H. The maximum absolute atomic E-state index is 2.12. The molecule has 0 N–H and O–H groups in total. The highest BCUT2D eigenvalue weighted by atomic mass is 79.9. The SMILES string of the molecule is Br.c1ccc2cccc-2cc1. The third kappa shape index (κ3) is 1.60. The van der Waals surface area contributed by atoms with Crippen LogP contribution in [0.2, 0.25) is 0 Å². The molecule has 2 rings (SSSR count). The zero-order valence-electron chi connectivity index (χ0n) is 6.03. The predicted octanol–water partition coefficient (Wildman–Crippen LogP) is 3.37. The van der Waals surface area contributed by atoms with Crippen LogP contribution in [-0.4, -0.2) is 0 Å². The van der Waals surface area contributed by atoms with E-state index in [1.165, 1.54) is 11.1 Å². The molecule has 0 aliphatic heterocycles. The minimum Gasteiger partial charge on any atom is -0.114 e. The van der Waals surface area contributed by atoms with Crippen LogP contribution in [0.3, 0.4) is 0 Å². The van der Waals surface area contributed by atoms with E-state index in [1.807, 2.05) is 6.07 Å². The van der Waals surface area contributed by atoms with Gasteiger partial charge in [0, 0.05) is 0 Å². The van der Waals surface area contributed by atoms with Gasteiger partial charge in [0.1, 0.15) is 0 Å². The van der Waals surface area contributed by atoms with E-state index in [4.69, 9.17) is 0 Å². The second-order valence-electron chi connectivity index (χ2n) is 2.35. The lowest BCUT2D eigenvalue weighted by atomic mass is 10.2. The molecule has 0 aromatic carbocycles. The summed E-state index contributed by atoms with van der Waals surface area (Å²) in [6, 6.07) is 16.7. The van der Waals surface area contributed by atoms with Crippen LogP contribution in [-0.2, 0) is 0 Å². The zero-order valence-corrected chi connectivity index (χ0v) is 7.74. The molecule has 1 heteroatoms. The van der Waals surface area contributed by atoms with Crippen molar-refractivity contribution in [3.8, 4) is 11.1 Å². The number of hydrogen-bond donors (Lipinski definition) is 0. The van der Waals surface area contributed by atoms with Crippen molar-refractivity contribution in [2.45, 2.75) is 0 Å². The van der Waals surface area contributed by atoms with Crippen molar-refractivity contribution in [1.29, 1.82) is 0 Å². The van der Waals surface area contributed by atoms with E-state index < -0.39 is 0 Å². The fraction of sp³-hybridized carbons (Fsp3) is 0. The molecule has 0 amide bonds. The fourth-order valence-electron chi connectivity index (χ4n) is 1.13. The Balaban J connectivity index is 0.000000605. The Bertz CT molecular complexity index is 276. The van der Waals surface area contributed by atoms with Crippen LogP contribution in [0.25, 0.3) is 11.1 Å². The number of rotatable bonds is 0. The highest BCUT2D eigenvalue weighted by Gasteiger charge is 1.94. The maximum atomic E-state index is 2.12. The van der Waals surface area contributed by atoms with Gasteiger partial charge in [-0.1, -0.05) is 48.5 Å². The summed E-state index contributed by atoms with van der Waals surface area (Å²) in [5.41, 5.74) is 2.62. The van der Waals surface area contributed by atoms with Gasteiger partial charge in [-0.2, -0.15) is 0 Å². The molecular weight excluding hydrogens is 200 g/mol. The van der Waals surface area contributed by atoms with Crippen LogP contribution >= 0.6 is 17.0 Å². The fourth-order valence-corrected chi connectivity index (χ4v) is 1.13. The second kappa shape index (κ2) is 3.54. The van der Waals surface area contributed by atoms with Crippen LogP contribution in [0, 0.1) is 0 Å². The zero-order chi connectivity index (χ0) is 6.81. The van der Waals surface area contributed by atoms with Gasteiger partial charge in [0.05, 0.1) is 0 Å². The van der Waals surface area contributed by atoms with Crippen LogP contribution in [0.1, 0.15) is 0 Å². The molecule has 0 saturated carbocycles. The average Bonchev–Trinajstić information content (AvgIpc) is 2.28. The summed E-state index contributed by atoms with van der Waals surface area (Å²) in [4.78, 5) is 0. The summed E-state index contributed by atoms with van der Waals surface area (Å²) >= 11 is 0. The van der Waals surface area contributed by atoms with Crippen LogP contribution in [0.4, 0.5) is 0 Å². The Morgan fingerprint density at radius 3 is 1.55 bits per heavy atom. The monoisotopic (exact) mass is 208 g/mol. The molecule has 0 nitrogen and oxygen atoms in total. The summed E-state index contributed by atoms with van der Waals surface area (Å²) in [6.07, 6.45) is 0. The summed E-state index contributed by atoms with van der Waals surface area (Å²) < 4.78 is 0. The molecule has 0 heterocycles. The first kappa shape index (κ1) is 8.28. The second-order valence-corrected chi connectivity index (χ2v) is 2.35. The van der Waals surface area contributed by atoms with Crippen molar-refractivity contribution in [3.05, 3.63) is 48.5 Å². The van der Waals surface area contributed by atoms with Crippen molar-refractivity contribution < 1.29 is 0 Å².